The van der Waals surface area contributed by atoms with Gasteiger partial charge >= 0.3 is 0 Å². The van der Waals surface area contributed by atoms with Crippen molar-refractivity contribution in [2.75, 3.05) is 0 Å². The second-order valence-corrected chi connectivity index (χ2v) is 21.4. The molecule has 3 aromatic carbocycles. The molecule has 1 fully saturated rings. The molecule has 0 bridgehead atoms. The van der Waals surface area contributed by atoms with Crippen LogP contribution in [-0.2, 0) is 32.9 Å². The van der Waals surface area contributed by atoms with Gasteiger partial charge in [-0.15, -0.1) is 59.7 Å². The SMILES string of the molecule is CC(C)(C)Cc1cc(-c2[c-]cccc2)ncc1[Si](C)(C)C.Fc1cccc2sc3c[c-]c(-c4cc(CC5CCCC5)ccn4)cc3c12.[Ir]. The quantitative estimate of drug-likeness (QED) is 0.123. The molecule has 0 spiro atoms. The first kappa shape index (κ1) is 36.3. The van der Waals surface area contributed by atoms with Crippen LogP contribution in [0.25, 0.3) is 42.7 Å². The summed E-state index contributed by atoms with van der Waals surface area (Å²) in [4.78, 5) is 9.27. The van der Waals surface area contributed by atoms with Crippen molar-refractivity contribution in [1.29, 1.82) is 0 Å². The van der Waals surface area contributed by atoms with Gasteiger partial charge in [-0.1, -0.05) is 101 Å². The molecule has 48 heavy (non-hydrogen) atoms. The van der Waals surface area contributed by atoms with E-state index in [0.717, 1.165) is 56.1 Å². The molecule has 1 radical (unpaired) electrons. The van der Waals surface area contributed by atoms with E-state index in [4.69, 9.17) is 4.98 Å². The summed E-state index contributed by atoms with van der Waals surface area (Å²) in [6.07, 6.45) is 11.6. The zero-order valence-electron chi connectivity index (χ0n) is 28.9. The largest absolute Gasteiger partial charge is 0.305 e. The van der Waals surface area contributed by atoms with E-state index < -0.39 is 8.07 Å². The minimum atomic E-state index is -1.37. The van der Waals surface area contributed by atoms with Crippen LogP contribution in [0.1, 0.15) is 57.6 Å². The summed E-state index contributed by atoms with van der Waals surface area (Å²) in [5.41, 5.74) is 7.08. The standard InChI is InChI=1S/C23H19FNS.C19H26NSi.Ir/c24-19-6-3-7-22-23(19)18-14-17(8-9-21(18)26-22)20-13-16(10-11-25-20)12-15-4-1-2-5-15;1-19(2,3)13-16-12-17(15-10-8-7-9-11-15)20-14-18(16)21(4,5)6;/h3,6-7,9-11,13-15H,1-2,4-5,12H2;7-10,12,14H,13H2,1-6H3;/q2*-1;. The van der Waals surface area contributed by atoms with Crippen molar-refractivity contribution >= 4 is 44.8 Å². The molecule has 6 heteroatoms. The normalized spacial score (nSPS) is 13.7. The Kier molecular flexibility index (Phi) is 11.5. The Bertz CT molecular complexity index is 1990. The Hall–Kier alpha value is -3.02. The van der Waals surface area contributed by atoms with Gasteiger partial charge in [-0.25, -0.2) is 4.39 Å². The number of benzene rings is 3. The molecule has 0 atom stereocenters. The molecular weight excluding hydrogens is 804 g/mol. The Morgan fingerprint density at radius 2 is 1.65 bits per heavy atom. The van der Waals surface area contributed by atoms with E-state index in [1.807, 2.05) is 42.6 Å². The number of nitrogens with zero attached hydrogens (tertiary/aromatic N) is 2. The predicted octanol–water partition coefficient (Wildman–Crippen LogP) is 11.5. The zero-order valence-corrected chi connectivity index (χ0v) is 33.1. The van der Waals surface area contributed by atoms with Gasteiger partial charge in [-0.3, -0.25) is 0 Å². The molecule has 3 aromatic heterocycles. The Balaban J connectivity index is 0.000000189. The molecule has 0 unspecified atom stereocenters. The first-order valence-electron chi connectivity index (χ1n) is 16.9. The van der Waals surface area contributed by atoms with E-state index in [2.05, 4.69) is 88.0 Å². The Morgan fingerprint density at radius 3 is 2.35 bits per heavy atom. The molecule has 0 amide bonds. The average molecular weight is 849 g/mol. The van der Waals surface area contributed by atoms with E-state index in [0.29, 0.717) is 5.39 Å². The molecule has 0 N–H and O–H groups in total. The van der Waals surface area contributed by atoms with Gasteiger partial charge < -0.3 is 9.97 Å². The molecule has 1 saturated carbocycles. The topological polar surface area (TPSA) is 25.8 Å². The molecule has 7 rings (SSSR count). The number of fused-ring (bicyclic) bond motifs is 3. The monoisotopic (exact) mass is 849 g/mol. The van der Waals surface area contributed by atoms with E-state index in [1.165, 1.54) is 48.1 Å². The molecular formula is C42H45FIrN2SSi-2. The number of aromatic nitrogens is 2. The van der Waals surface area contributed by atoms with Gasteiger partial charge in [-0.2, -0.15) is 11.3 Å². The van der Waals surface area contributed by atoms with Crippen molar-refractivity contribution in [3.05, 3.63) is 114 Å². The van der Waals surface area contributed by atoms with E-state index in [-0.39, 0.29) is 31.3 Å². The number of halogens is 1. The minimum Gasteiger partial charge on any atom is -0.305 e. The van der Waals surface area contributed by atoms with Gasteiger partial charge in [0.05, 0.1) is 8.07 Å². The number of pyridine rings is 2. The summed E-state index contributed by atoms with van der Waals surface area (Å²) in [5, 5.41) is 3.15. The van der Waals surface area contributed by atoms with Gasteiger partial charge in [0.2, 0.25) is 0 Å². The smallest absolute Gasteiger partial charge is 0.130 e. The maximum Gasteiger partial charge on any atom is 0.130 e. The molecule has 1 aliphatic rings. The fraction of sp³-hybridized carbons (Fsp3) is 0.333. The molecule has 3 heterocycles. The first-order valence-corrected chi connectivity index (χ1v) is 21.2. The molecule has 251 valence electrons. The van der Waals surface area contributed by atoms with Crippen LogP contribution in [0.5, 0.6) is 0 Å². The molecule has 0 saturated heterocycles. The Labute approximate surface area is 304 Å². The average Bonchev–Trinajstić information content (AvgIpc) is 3.68. The van der Waals surface area contributed by atoms with Crippen LogP contribution in [0, 0.1) is 29.3 Å². The van der Waals surface area contributed by atoms with Crippen molar-refractivity contribution in [2.24, 2.45) is 11.3 Å². The van der Waals surface area contributed by atoms with Crippen LogP contribution in [0.3, 0.4) is 0 Å². The second kappa shape index (κ2) is 15.3. The van der Waals surface area contributed by atoms with Gasteiger partial charge in [0, 0.05) is 42.6 Å². The van der Waals surface area contributed by atoms with Crippen molar-refractivity contribution in [2.45, 2.75) is 78.9 Å². The van der Waals surface area contributed by atoms with Crippen molar-refractivity contribution in [1.82, 2.24) is 9.97 Å². The number of hydrogen-bond acceptors (Lipinski definition) is 3. The molecule has 2 nitrogen and oxygen atoms in total. The van der Waals surface area contributed by atoms with E-state index >= 15 is 0 Å². The summed E-state index contributed by atoms with van der Waals surface area (Å²) in [6, 6.07) is 30.6. The maximum absolute atomic E-state index is 14.4. The van der Waals surface area contributed by atoms with Crippen LogP contribution in [0.2, 0.25) is 19.6 Å². The number of rotatable bonds is 6. The summed E-state index contributed by atoms with van der Waals surface area (Å²) in [7, 11) is -1.37. The molecule has 0 aliphatic heterocycles. The van der Waals surface area contributed by atoms with Crippen LogP contribution in [-0.4, -0.2) is 18.0 Å². The molecule has 6 aromatic rings. The summed E-state index contributed by atoms with van der Waals surface area (Å²) < 4.78 is 16.4. The fourth-order valence-electron chi connectivity index (χ4n) is 6.76. The van der Waals surface area contributed by atoms with E-state index in [9.17, 15) is 4.39 Å². The zero-order chi connectivity index (χ0) is 33.2. The summed E-state index contributed by atoms with van der Waals surface area (Å²) in [6.45, 7) is 14.1. The van der Waals surface area contributed by atoms with Gasteiger partial charge in [-0.05, 0) is 63.6 Å². The van der Waals surface area contributed by atoms with Crippen LogP contribution in [0.15, 0.2) is 85.2 Å². The summed E-state index contributed by atoms with van der Waals surface area (Å²) in [5.74, 6) is 0.653. The third-order valence-corrected chi connectivity index (χ3v) is 12.2. The first-order chi connectivity index (χ1) is 22.4. The molecule has 1 aliphatic carbocycles. The van der Waals surface area contributed by atoms with Crippen LogP contribution >= 0.6 is 11.3 Å². The van der Waals surface area contributed by atoms with Gasteiger partial charge in [0.25, 0.3) is 0 Å². The number of hydrogen-bond donors (Lipinski definition) is 0. The van der Waals surface area contributed by atoms with Crippen molar-refractivity contribution in [3.63, 3.8) is 0 Å². The third kappa shape index (κ3) is 8.76. The number of thiophene rings is 1. The minimum absolute atomic E-state index is 0. The van der Waals surface area contributed by atoms with Crippen molar-refractivity contribution in [3.8, 4) is 22.5 Å². The van der Waals surface area contributed by atoms with E-state index in [1.54, 1.807) is 17.4 Å². The maximum atomic E-state index is 14.4. The van der Waals surface area contributed by atoms with Gasteiger partial charge in [0.1, 0.15) is 5.82 Å². The van der Waals surface area contributed by atoms with Crippen LogP contribution in [0.4, 0.5) is 4.39 Å². The second-order valence-electron chi connectivity index (χ2n) is 15.2. The van der Waals surface area contributed by atoms with Crippen molar-refractivity contribution < 1.29 is 24.5 Å². The Morgan fingerprint density at radius 1 is 0.875 bits per heavy atom. The predicted molar refractivity (Wildman–Crippen MR) is 202 cm³/mol. The third-order valence-electron chi connectivity index (χ3n) is 8.98. The fourth-order valence-corrected chi connectivity index (χ4v) is 9.42. The summed E-state index contributed by atoms with van der Waals surface area (Å²) >= 11 is 1.61. The van der Waals surface area contributed by atoms with Gasteiger partial charge in [0.15, 0.2) is 0 Å². The van der Waals surface area contributed by atoms with Crippen LogP contribution < -0.4 is 5.19 Å².